The zero-order valence-electron chi connectivity index (χ0n) is 13.7. The molecular formula is C19H24N2O. The van der Waals surface area contributed by atoms with Gasteiger partial charge in [-0.3, -0.25) is 4.79 Å². The van der Waals surface area contributed by atoms with Crippen LogP contribution in [-0.4, -0.2) is 5.91 Å². The standard InChI is InChI=1S/C19H24N2O/c1-5-14-6-8-15(9-7-14)20-16-10-12-17(13-11-16)21-18(22)19(2,3)4/h6-13,20H,5H2,1-4H3,(H,21,22). The molecule has 1 amide bonds. The molecule has 0 bridgehead atoms. The minimum Gasteiger partial charge on any atom is -0.356 e. The maximum atomic E-state index is 11.9. The van der Waals surface area contributed by atoms with Crippen LogP contribution in [0.3, 0.4) is 0 Å². The first-order valence-electron chi connectivity index (χ1n) is 7.66. The number of anilines is 3. The monoisotopic (exact) mass is 296 g/mol. The molecule has 22 heavy (non-hydrogen) atoms. The van der Waals surface area contributed by atoms with Crippen molar-refractivity contribution in [2.45, 2.75) is 34.1 Å². The summed E-state index contributed by atoms with van der Waals surface area (Å²) >= 11 is 0. The molecule has 3 nitrogen and oxygen atoms in total. The van der Waals surface area contributed by atoms with Crippen LogP contribution in [0.15, 0.2) is 48.5 Å². The van der Waals surface area contributed by atoms with Crippen molar-refractivity contribution >= 4 is 23.0 Å². The summed E-state index contributed by atoms with van der Waals surface area (Å²) in [5.74, 6) is 0.0170. The number of carbonyl (C=O) groups is 1. The second-order valence-corrected chi connectivity index (χ2v) is 6.46. The van der Waals surface area contributed by atoms with E-state index in [2.05, 4.69) is 41.8 Å². The Bertz CT molecular complexity index is 622. The number of amides is 1. The zero-order chi connectivity index (χ0) is 16.2. The fraction of sp³-hybridized carbons (Fsp3) is 0.316. The first-order chi connectivity index (χ1) is 10.4. The van der Waals surface area contributed by atoms with E-state index >= 15 is 0 Å². The van der Waals surface area contributed by atoms with E-state index in [-0.39, 0.29) is 5.91 Å². The molecule has 0 aromatic heterocycles. The van der Waals surface area contributed by atoms with E-state index in [9.17, 15) is 4.79 Å². The van der Waals surface area contributed by atoms with Crippen LogP contribution in [-0.2, 0) is 11.2 Å². The predicted octanol–water partition coefficient (Wildman–Crippen LogP) is 4.98. The van der Waals surface area contributed by atoms with Gasteiger partial charge in [-0.1, -0.05) is 39.8 Å². The van der Waals surface area contributed by atoms with Crippen LogP contribution in [0.4, 0.5) is 17.1 Å². The highest BCUT2D eigenvalue weighted by Gasteiger charge is 2.20. The Labute approximate surface area is 132 Å². The molecule has 0 saturated carbocycles. The lowest BCUT2D eigenvalue weighted by atomic mass is 9.95. The Kier molecular flexibility index (Phi) is 4.86. The molecule has 0 spiro atoms. The number of benzene rings is 2. The molecular weight excluding hydrogens is 272 g/mol. The van der Waals surface area contributed by atoms with Gasteiger partial charge >= 0.3 is 0 Å². The van der Waals surface area contributed by atoms with E-state index in [0.717, 1.165) is 23.5 Å². The van der Waals surface area contributed by atoms with Crippen molar-refractivity contribution < 1.29 is 4.79 Å². The zero-order valence-corrected chi connectivity index (χ0v) is 13.7. The number of aryl methyl sites for hydroxylation is 1. The van der Waals surface area contributed by atoms with Gasteiger partial charge in [-0.2, -0.15) is 0 Å². The highest BCUT2D eigenvalue weighted by molar-refractivity contribution is 5.94. The normalized spacial score (nSPS) is 11.1. The van der Waals surface area contributed by atoms with Crippen LogP contribution in [0.5, 0.6) is 0 Å². The summed E-state index contributed by atoms with van der Waals surface area (Å²) < 4.78 is 0. The van der Waals surface area contributed by atoms with Gasteiger partial charge in [-0.25, -0.2) is 0 Å². The van der Waals surface area contributed by atoms with Crippen molar-refractivity contribution in [2.24, 2.45) is 5.41 Å². The molecule has 0 aliphatic carbocycles. The van der Waals surface area contributed by atoms with Crippen molar-refractivity contribution in [3.8, 4) is 0 Å². The number of rotatable bonds is 4. The first kappa shape index (κ1) is 16.1. The summed E-state index contributed by atoms with van der Waals surface area (Å²) in [5, 5.41) is 6.27. The quantitative estimate of drug-likeness (QED) is 0.835. The minimum absolute atomic E-state index is 0.0170. The summed E-state index contributed by atoms with van der Waals surface area (Å²) in [4.78, 5) is 11.9. The van der Waals surface area contributed by atoms with Crippen molar-refractivity contribution in [3.63, 3.8) is 0 Å². The van der Waals surface area contributed by atoms with Crippen LogP contribution in [0, 0.1) is 5.41 Å². The van der Waals surface area contributed by atoms with Gasteiger partial charge in [0, 0.05) is 22.5 Å². The molecule has 0 radical (unpaired) electrons. The number of hydrogen-bond donors (Lipinski definition) is 2. The van der Waals surface area contributed by atoms with Crippen LogP contribution in [0.25, 0.3) is 0 Å². The molecule has 2 aromatic rings. The van der Waals surface area contributed by atoms with E-state index in [1.165, 1.54) is 5.56 Å². The topological polar surface area (TPSA) is 41.1 Å². The number of nitrogens with one attached hydrogen (secondary N) is 2. The van der Waals surface area contributed by atoms with Crippen molar-refractivity contribution in [1.29, 1.82) is 0 Å². The second-order valence-electron chi connectivity index (χ2n) is 6.46. The van der Waals surface area contributed by atoms with Crippen LogP contribution < -0.4 is 10.6 Å². The van der Waals surface area contributed by atoms with Gasteiger partial charge in [0.05, 0.1) is 0 Å². The third-order valence-corrected chi connectivity index (χ3v) is 3.47. The Hall–Kier alpha value is -2.29. The van der Waals surface area contributed by atoms with Gasteiger partial charge in [0.25, 0.3) is 0 Å². The van der Waals surface area contributed by atoms with Crippen LogP contribution in [0.1, 0.15) is 33.3 Å². The van der Waals surface area contributed by atoms with E-state index in [1.807, 2.05) is 45.0 Å². The van der Waals surface area contributed by atoms with Crippen molar-refractivity contribution in [2.75, 3.05) is 10.6 Å². The Morgan fingerprint density at radius 3 is 1.77 bits per heavy atom. The number of carbonyl (C=O) groups excluding carboxylic acids is 1. The maximum Gasteiger partial charge on any atom is 0.229 e. The second kappa shape index (κ2) is 6.65. The molecule has 0 atom stereocenters. The van der Waals surface area contributed by atoms with Crippen LogP contribution in [0.2, 0.25) is 0 Å². The number of hydrogen-bond acceptors (Lipinski definition) is 2. The lowest BCUT2D eigenvalue weighted by Gasteiger charge is -2.17. The van der Waals surface area contributed by atoms with Crippen molar-refractivity contribution in [3.05, 3.63) is 54.1 Å². The third-order valence-electron chi connectivity index (χ3n) is 3.47. The molecule has 2 N–H and O–H groups in total. The van der Waals surface area contributed by atoms with Gasteiger partial charge < -0.3 is 10.6 Å². The largest absolute Gasteiger partial charge is 0.356 e. The molecule has 0 heterocycles. The minimum atomic E-state index is -0.391. The van der Waals surface area contributed by atoms with Gasteiger partial charge in [0.2, 0.25) is 5.91 Å². The third kappa shape index (κ3) is 4.35. The molecule has 2 aromatic carbocycles. The Morgan fingerprint density at radius 1 is 0.864 bits per heavy atom. The fourth-order valence-corrected chi connectivity index (χ4v) is 1.95. The van der Waals surface area contributed by atoms with E-state index in [0.29, 0.717) is 0 Å². The summed E-state index contributed by atoms with van der Waals surface area (Å²) in [6.07, 6.45) is 1.04. The molecule has 0 aliphatic heterocycles. The lowest BCUT2D eigenvalue weighted by Crippen LogP contribution is -2.27. The average molecular weight is 296 g/mol. The molecule has 0 fully saturated rings. The average Bonchev–Trinajstić information content (AvgIpc) is 2.49. The van der Waals surface area contributed by atoms with Gasteiger partial charge in [-0.15, -0.1) is 0 Å². The molecule has 116 valence electrons. The van der Waals surface area contributed by atoms with E-state index < -0.39 is 5.41 Å². The van der Waals surface area contributed by atoms with E-state index in [1.54, 1.807) is 0 Å². The SMILES string of the molecule is CCc1ccc(Nc2ccc(NC(=O)C(C)(C)C)cc2)cc1. The predicted molar refractivity (Wildman–Crippen MR) is 93.6 cm³/mol. The first-order valence-corrected chi connectivity index (χ1v) is 7.66. The smallest absolute Gasteiger partial charge is 0.229 e. The van der Waals surface area contributed by atoms with Gasteiger partial charge in [0.1, 0.15) is 0 Å². The molecule has 3 heteroatoms. The molecule has 2 rings (SSSR count). The molecule has 0 aliphatic rings. The summed E-state index contributed by atoms with van der Waals surface area (Å²) in [6, 6.07) is 16.2. The lowest BCUT2D eigenvalue weighted by molar-refractivity contribution is -0.123. The van der Waals surface area contributed by atoms with Crippen molar-refractivity contribution in [1.82, 2.24) is 0 Å². The van der Waals surface area contributed by atoms with Gasteiger partial charge in [-0.05, 0) is 48.4 Å². The maximum absolute atomic E-state index is 11.9. The van der Waals surface area contributed by atoms with E-state index in [4.69, 9.17) is 0 Å². The van der Waals surface area contributed by atoms with Crippen LogP contribution >= 0.6 is 0 Å². The summed E-state index contributed by atoms with van der Waals surface area (Å²) in [6.45, 7) is 7.85. The Morgan fingerprint density at radius 2 is 1.32 bits per heavy atom. The summed E-state index contributed by atoms with van der Waals surface area (Å²) in [5.41, 5.74) is 3.80. The molecule has 0 saturated heterocycles. The highest BCUT2D eigenvalue weighted by Crippen LogP contribution is 2.21. The highest BCUT2D eigenvalue weighted by atomic mass is 16.2. The summed E-state index contributed by atoms with van der Waals surface area (Å²) in [7, 11) is 0. The Balaban J connectivity index is 2.01. The van der Waals surface area contributed by atoms with Gasteiger partial charge in [0.15, 0.2) is 0 Å². The molecule has 0 unspecified atom stereocenters. The fourth-order valence-electron chi connectivity index (χ4n) is 1.95.